The van der Waals surface area contributed by atoms with Gasteiger partial charge in [-0.1, -0.05) is 6.07 Å². The first-order chi connectivity index (χ1) is 23.3. The Morgan fingerprint density at radius 3 is 2.06 bits per heavy atom. The maximum absolute atomic E-state index is 14.8. The zero-order valence-corrected chi connectivity index (χ0v) is 27.6. The number of aromatic nitrogens is 4. The summed E-state index contributed by atoms with van der Waals surface area (Å²) in [7, 11) is 2.08. The first kappa shape index (κ1) is 32.6. The van der Waals surface area contributed by atoms with E-state index < -0.39 is 11.6 Å². The number of benzene rings is 1. The third-order valence-electron chi connectivity index (χ3n) is 10.7. The standard InChI is InChI=1S/C34H46F2N10O2/c1-43-17-19-45(20-18-43)32(48)23-7-11-25(12-8-23)46-30-28(40-34(46)41-29-26(35)3-2-4-27(29)36)21-38-33(42-30)39-24-9-5-22(6-10-24)31(47)44-15-13-37-14-16-44/h2-4,21-25,37H,5-20H2,1H3,(H,40,41)(H,38,39,42)/t22-,23-,24-,25+. The Bertz CT molecular complexity index is 1580. The molecule has 2 aromatic heterocycles. The highest BCUT2D eigenvalue weighted by Crippen LogP contribution is 2.38. The minimum atomic E-state index is -0.713. The summed E-state index contributed by atoms with van der Waals surface area (Å²) in [5.41, 5.74) is 0.815. The van der Waals surface area contributed by atoms with Crippen molar-refractivity contribution in [2.24, 2.45) is 11.8 Å². The zero-order valence-electron chi connectivity index (χ0n) is 27.6. The van der Waals surface area contributed by atoms with Crippen LogP contribution in [0.3, 0.4) is 0 Å². The van der Waals surface area contributed by atoms with Gasteiger partial charge < -0.3 is 30.7 Å². The van der Waals surface area contributed by atoms with Gasteiger partial charge in [0.2, 0.25) is 23.7 Å². The lowest BCUT2D eigenvalue weighted by Gasteiger charge is -2.37. The number of fused-ring (bicyclic) bond motifs is 1. The molecule has 2 aliphatic heterocycles. The van der Waals surface area contributed by atoms with E-state index in [1.807, 2.05) is 14.4 Å². The second-order valence-corrected chi connectivity index (χ2v) is 13.8. The predicted molar refractivity (Wildman–Crippen MR) is 179 cm³/mol. The molecule has 2 saturated carbocycles. The number of nitrogens with zero attached hydrogens (tertiary/aromatic N) is 7. The van der Waals surface area contributed by atoms with E-state index in [9.17, 15) is 18.4 Å². The number of piperazine rings is 2. The minimum Gasteiger partial charge on any atom is -0.351 e. The van der Waals surface area contributed by atoms with Gasteiger partial charge in [-0.05, 0) is 70.5 Å². The van der Waals surface area contributed by atoms with Crippen molar-refractivity contribution >= 4 is 40.6 Å². The Labute approximate surface area is 279 Å². The van der Waals surface area contributed by atoms with E-state index in [-0.39, 0.29) is 41.4 Å². The van der Waals surface area contributed by atoms with Gasteiger partial charge in [0, 0.05) is 76.3 Å². The lowest BCUT2D eigenvalue weighted by molar-refractivity contribution is -0.138. The molecule has 4 aliphatic rings. The van der Waals surface area contributed by atoms with Crippen molar-refractivity contribution in [3.63, 3.8) is 0 Å². The topological polar surface area (TPSA) is 124 Å². The van der Waals surface area contributed by atoms with E-state index in [0.29, 0.717) is 35.9 Å². The highest BCUT2D eigenvalue weighted by Gasteiger charge is 2.34. The van der Waals surface area contributed by atoms with E-state index in [1.165, 1.54) is 18.2 Å². The Balaban J connectivity index is 1.08. The van der Waals surface area contributed by atoms with Crippen LogP contribution >= 0.6 is 0 Å². The molecule has 0 radical (unpaired) electrons. The van der Waals surface area contributed by atoms with Gasteiger partial charge in [-0.2, -0.15) is 4.98 Å². The van der Waals surface area contributed by atoms with Crippen LogP contribution in [0.5, 0.6) is 0 Å². The molecule has 3 N–H and O–H groups in total. The summed E-state index contributed by atoms with van der Waals surface area (Å²) in [5.74, 6) is -0.171. The fraction of sp³-hybridized carbons (Fsp3) is 0.618. The summed E-state index contributed by atoms with van der Waals surface area (Å²) < 4.78 is 31.5. The number of likely N-dealkylation sites (N-methyl/N-ethyl adjacent to an activating group) is 1. The van der Waals surface area contributed by atoms with Crippen LogP contribution in [0.15, 0.2) is 24.4 Å². The van der Waals surface area contributed by atoms with Crippen molar-refractivity contribution in [3.8, 4) is 0 Å². The van der Waals surface area contributed by atoms with Crippen molar-refractivity contribution in [1.29, 1.82) is 0 Å². The van der Waals surface area contributed by atoms with Gasteiger partial charge in [-0.25, -0.2) is 18.7 Å². The molecular formula is C34H46F2N10O2. The van der Waals surface area contributed by atoms with Gasteiger partial charge in [-0.15, -0.1) is 0 Å². The molecule has 0 unspecified atom stereocenters. The number of rotatable bonds is 7. The van der Waals surface area contributed by atoms with Crippen molar-refractivity contribution < 1.29 is 18.4 Å². The maximum Gasteiger partial charge on any atom is 0.225 e. The Kier molecular flexibility index (Phi) is 9.71. The number of nitrogens with one attached hydrogen (secondary N) is 3. The molecule has 0 atom stereocenters. The molecule has 2 amide bonds. The van der Waals surface area contributed by atoms with Crippen LogP contribution in [-0.4, -0.2) is 111 Å². The number of para-hydroxylation sites is 1. The Hall–Kier alpha value is -3.91. The van der Waals surface area contributed by atoms with Gasteiger partial charge in [0.1, 0.15) is 22.8 Å². The second-order valence-electron chi connectivity index (χ2n) is 13.8. The molecule has 0 bridgehead atoms. The molecule has 1 aromatic carbocycles. The average molecular weight is 665 g/mol. The van der Waals surface area contributed by atoms with Crippen molar-refractivity contribution in [2.75, 3.05) is 70.0 Å². The van der Waals surface area contributed by atoms with E-state index in [1.54, 1.807) is 6.20 Å². The third-order valence-corrected chi connectivity index (χ3v) is 10.7. The summed E-state index contributed by atoms with van der Waals surface area (Å²) in [6.07, 6.45) is 7.82. The van der Waals surface area contributed by atoms with Crippen LogP contribution in [0, 0.1) is 23.5 Å². The van der Waals surface area contributed by atoms with Gasteiger partial charge in [0.25, 0.3) is 0 Å². The monoisotopic (exact) mass is 664 g/mol. The molecule has 3 aromatic rings. The van der Waals surface area contributed by atoms with Gasteiger partial charge in [0.05, 0.1) is 6.20 Å². The summed E-state index contributed by atoms with van der Waals surface area (Å²) in [4.78, 5) is 46.8. The number of carbonyl (C=O) groups is 2. The average Bonchev–Trinajstić information content (AvgIpc) is 3.47. The number of anilines is 3. The molecular weight excluding hydrogens is 618 g/mol. The van der Waals surface area contributed by atoms with Crippen LogP contribution in [0.1, 0.15) is 57.4 Å². The Morgan fingerprint density at radius 1 is 0.812 bits per heavy atom. The number of hydrogen-bond donors (Lipinski definition) is 3. The van der Waals surface area contributed by atoms with E-state index in [0.717, 1.165) is 90.9 Å². The van der Waals surface area contributed by atoms with Gasteiger partial charge in [0.15, 0.2) is 5.65 Å². The molecule has 14 heteroatoms. The van der Waals surface area contributed by atoms with E-state index in [2.05, 4.69) is 32.9 Å². The number of halogens is 2. The lowest BCUT2D eigenvalue weighted by atomic mass is 9.85. The fourth-order valence-electron chi connectivity index (χ4n) is 7.80. The van der Waals surface area contributed by atoms with Crippen LogP contribution in [-0.2, 0) is 9.59 Å². The molecule has 12 nitrogen and oxygen atoms in total. The maximum atomic E-state index is 14.8. The second kappa shape index (κ2) is 14.3. The molecule has 0 spiro atoms. The number of amides is 2. The minimum absolute atomic E-state index is 0.0414. The molecule has 2 saturated heterocycles. The van der Waals surface area contributed by atoms with Crippen LogP contribution in [0.4, 0.5) is 26.4 Å². The zero-order chi connectivity index (χ0) is 33.2. The molecule has 258 valence electrons. The predicted octanol–water partition coefficient (Wildman–Crippen LogP) is 3.76. The summed E-state index contributed by atoms with van der Waals surface area (Å²) in [5, 5.41) is 9.72. The lowest BCUT2D eigenvalue weighted by Crippen LogP contribution is -2.49. The first-order valence-corrected chi connectivity index (χ1v) is 17.5. The smallest absolute Gasteiger partial charge is 0.225 e. The van der Waals surface area contributed by atoms with Crippen LogP contribution < -0.4 is 16.0 Å². The molecule has 7 rings (SSSR count). The SMILES string of the molecule is CN1CCN(C(=O)[C@H]2CC[C@@H](n3c(Nc4c(F)cccc4F)nc4cnc(N[C@H]5CC[C@H](C(=O)N6CCNCC6)CC5)nc43)CC2)CC1. The van der Waals surface area contributed by atoms with E-state index in [4.69, 9.17) is 9.97 Å². The van der Waals surface area contributed by atoms with Crippen LogP contribution in [0.25, 0.3) is 11.2 Å². The highest BCUT2D eigenvalue weighted by molar-refractivity contribution is 5.80. The normalized spacial score (nSPS) is 25.6. The fourth-order valence-corrected chi connectivity index (χ4v) is 7.80. The van der Waals surface area contributed by atoms with Gasteiger partial charge in [-0.3, -0.25) is 14.2 Å². The number of hydrogen-bond acceptors (Lipinski definition) is 9. The van der Waals surface area contributed by atoms with Crippen molar-refractivity contribution in [2.45, 2.75) is 63.5 Å². The van der Waals surface area contributed by atoms with Crippen molar-refractivity contribution in [1.82, 2.24) is 39.5 Å². The molecule has 48 heavy (non-hydrogen) atoms. The van der Waals surface area contributed by atoms with Crippen molar-refractivity contribution in [3.05, 3.63) is 36.0 Å². The summed E-state index contributed by atoms with van der Waals surface area (Å²) in [6, 6.07) is 3.81. The first-order valence-electron chi connectivity index (χ1n) is 17.5. The molecule has 2 aliphatic carbocycles. The number of imidazole rings is 1. The quantitative estimate of drug-likeness (QED) is 0.347. The Morgan fingerprint density at radius 2 is 1.42 bits per heavy atom. The van der Waals surface area contributed by atoms with Gasteiger partial charge >= 0.3 is 0 Å². The highest BCUT2D eigenvalue weighted by atomic mass is 19.1. The van der Waals surface area contributed by atoms with E-state index >= 15 is 0 Å². The molecule has 4 fully saturated rings. The largest absolute Gasteiger partial charge is 0.351 e. The number of carbonyl (C=O) groups excluding carboxylic acids is 2. The molecule has 4 heterocycles. The summed E-state index contributed by atoms with van der Waals surface area (Å²) >= 11 is 0. The van der Waals surface area contributed by atoms with Crippen LogP contribution in [0.2, 0.25) is 0 Å². The summed E-state index contributed by atoms with van der Waals surface area (Å²) in [6.45, 7) is 6.52. The third kappa shape index (κ3) is 6.95.